The van der Waals surface area contributed by atoms with Gasteiger partial charge in [-0.25, -0.2) is 9.59 Å². The minimum Gasteiger partial charge on any atom is -0.480 e. The minimum atomic E-state index is -0.956. The summed E-state index contributed by atoms with van der Waals surface area (Å²) in [6.07, 6.45) is 3.18. The fraction of sp³-hybridized carbons (Fsp3) is 0.857. The van der Waals surface area contributed by atoms with Crippen LogP contribution < -0.4 is 5.32 Å². The van der Waals surface area contributed by atoms with Crippen LogP contribution >= 0.6 is 0 Å². The van der Waals surface area contributed by atoms with Crippen molar-refractivity contribution in [2.24, 2.45) is 5.92 Å². The third kappa shape index (κ3) is 5.36. The minimum absolute atomic E-state index is 0.242. The molecule has 0 aromatic carbocycles. The number of urea groups is 1. The van der Waals surface area contributed by atoms with Gasteiger partial charge in [-0.15, -0.1) is 0 Å². The second-order valence-electron chi connectivity index (χ2n) is 5.82. The predicted octanol–water partition coefficient (Wildman–Crippen LogP) is 1.22. The highest BCUT2D eigenvalue weighted by molar-refractivity contribution is 5.82. The van der Waals surface area contributed by atoms with Crippen LogP contribution in [0.1, 0.15) is 32.6 Å². The summed E-state index contributed by atoms with van der Waals surface area (Å²) in [7, 11) is 4.11. The van der Waals surface area contributed by atoms with Crippen molar-refractivity contribution in [3.8, 4) is 0 Å². The van der Waals surface area contributed by atoms with Crippen LogP contribution in [0.2, 0.25) is 0 Å². The zero-order chi connectivity index (χ0) is 15.1. The van der Waals surface area contributed by atoms with E-state index in [0.29, 0.717) is 25.4 Å². The second-order valence-corrected chi connectivity index (χ2v) is 5.82. The van der Waals surface area contributed by atoms with Crippen LogP contribution in [0.15, 0.2) is 0 Å². The van der Waals surface area contributed by atoms with E-state index in [4.69, 9.17) is 5.11 Å². The highest BCUT2D eigenvalue weighted by atomic mass is 16.4. The third-order valence-electron chi connectivity index (χ3n) is 3.70. The maximum atomic E-state index is 12.1. The normalized spacial score (nSPS) is 18.1. The molecule has 0 bridgehead atoms. The molecule has 20 heavy (non-hydrogen) atoms. The fourth-order valence-electron chi connectivity index (χ4n) is 2.62. The van der Waals surface area contributed by atoms with Crippen molar-refractivity contribution in [3.63, 3.8) is 0 Å². The molecule has 1 saturated heterocycles. The zero-order valence-corrected chi connectivity index (χ0v) is 12.8. The van der Waals surface area contributed by atoms with E-state index in [-0.39, 0.29) is 6.03 Å². The smallest absolute Gasteiger partial charge is 0.326 e. The van der Waals surface area contributed by atoms with Crippen LogP contribution in [0.3, 0.4) is 0 Å². The highest BCUT2D eigenvalue weighted by Crippen LogP contribution is 2.17. The number of carboxylic acids is 1. The van der Waals surface area contributed by atoms with Gasteiger partial charge in [-0.3, -0.25) is 0 Å². The number of rotatable bonds is 6. The van der Waals surface area contributed by atoms with Gasteiger partial charge in [0.25, 0.3) is 0 Å². The molecule has 6 nitrogen and oxygen atoms in total. The molecule has 0 spiro atoms. The first kappa shape index (κ1) is 16.8. The molecule has 1 atom stereocenters. The van der Waals surface area contributed by atoms with Gasteiger partial charge in [-0.1, -0.05) is 13.3 Å². The number of hydrogen-bond donors (Lipinski definition) is 2. The summed E-state index contributed by atoms with van der Waals surface area (Å²) in [5.74, 6) is -0.331. The van der Waals surface area contributed by atoms with Gasteiger partial charge in [0.15, 0.2) is 0 Å². The lowest BCUT2D eigenvalue weighted by Crippen LogP contribution is -2.50. The molecule has 0 aromatic rings. The fourth-order valence-corrected chi connectivity index (χ4v) is 2.62. The Hall–Kier alpha value is -1.30. The summed E-state index contributed by atoms with van der Waals surface area (Å²) in [6.45, 7) is 4.38. The monoisotopic (exact) mass is 285 g/mol. The van der Waals surface area contributed by atoms with Gasteiger partial charge in [0, 0.05) is 19.6 Å². The van der Waals surface area contributed by atoms with Crippen molar-refractivity contribution >= 4 is 12.0 Å². The first-order valence-electron chi connectivity index (χ1n) is 7.37. The van der Waals surface area contributed by atoms with Crippen LogP contribution in [-0.4, -0.2) is 66.7 Å². The van der Waals surface area contributed by atoms with Crippen molar-refractivity contribution < 1.29 is 14.7 Å². The Labute approximate surface area is 121 Å². The molecular formula is C14H27N3O3. The molecule has 2 N–H and O–H groups in total. The van der Waals surface area contributed by atoms with Crippen molar-refractivity contribution in [1.29, 1.82) is 0 Å². The lowest BCUT2D eigenvalue weighted by Gasteiger charge is -2.33. The van der Waals surface area contributed by atoms with E-state index >= 15 is 0 Å². The van der Waals surface area contributed by atoms with E-state index in [2.05, 4.69) is 24.3 Å². The molecular weight excluding hydrogens is 258 g/mol. The number of piperidine rings is 1. The van der Waals surface area contributed by atoms with Gasteiger partial charge < -0.3 is 20.2 Å². The topological polar surface area (TPSA) is 72.9 Å². The number of nitrogens with one attached hydrogen (secondary N) is 1. The maximum Gasteiger partial charge on any atom is 0.326 e. The van der Waals surface area contributed by atoms with Gasteiger partial charge in [-0.05, 0) is 39.3 Å². The Bertz CT molecular complexity index is 326. The number of carbonyl (C=O) groups is 2. The van der Waals surface area contributed by atoms with Crippen LogP contribution in [0, 0.1) is 5.92 Å². The standard InChI is InChI=1S/C14H27N3O3/c1-4-5-12(13(18)19)15-14(20)17-8-6-11(7-9-17)10-16(2)3/h11-12H,4-10H2,1-3H3,(H,15,20)(H,18,19)/t12-/m1/s1. The lowest BCUT2D eigenvalue weighted by atomic mass is 9.96. The highest BCUT2D eigenvalue weighted by Gasteiger charge is 2.26. The molecule has 0 radical (unpaired) electrons. The second kappa shape index (κ2) is 8.09. The summed E-state index contributed by atoms with van der Waals surface area (Å²) >= 11 is 0. The van der Waals surface area contributed by atoms with E-state index < -0.39 is 12.0 Å². The molecule has 0 saturated carbocycles. The van der Waals surface area contributed by atoms with Crippen molar-refractivity contribution in [2.75, 3.05) is 33.7 Å². The number of aliphatic carboxylic acids is 1. The Morgan fingerprint density at radius 2 is 1.95 bits per heavy atom. The van der Waals surface area contributed by atoms with E-state index in [1.807, 2.05) is 6.92 Å². The third-order valence-corrected chi connectivity index (χ3v) is 3.70. The first-order chi connectivity index (χ1) is 9.43. The maximum absolute atomic E-state index is 12.1. The number of likely N-dealkylation sites (tertiary alicyclic amines) is 1. The molecule has 1 aliphatic rings. The zero-order valence-electron chi connectivity index (χ0n) is 12.8. The molecule has 6 heteroatoms. The van der Waals surface area contributed by atoms with E-state index in [9.17, 15) is 9.59 Å². The van der Waals surface area contributed by atoms with Crippen LogP contribution in [0.5, 0.6) is 0 Å². The van der Waals surface area contributed by atoms with Crippen molar-refractivity contribution in [2.45, 2.75) is 38.6 Å². The van der Waals surface area contributed by atoms with Gasteiger partial charge >= 0.3 is 12.0 Å². The molecule has 2 amide bonds. The van der Waals surface area contributed by atoms with E-state index in [0.717, 1.165) is 25.8 Å². The molecule has 1 heterocycles. The molecule has 0 aliphatic carbocycles. The van der Waals surface area contributed by atoms with Crippen molar-refractivity contribution in [3.05, 3.63) is 0 Å². The van der Waals surface area contributed by atoms with Crippen LogP contribution in [0.4, 0.5) is 4.79 Å². The van der Waals surface area contributed by atoms with Gasteiger partial charge in [0.2, 0.25) is 0 Å². The summed E-state index contributed by atoms with van der Waals surface area (Å²) in [4.78, 5) is 27.0. The first-order valence-corrected chi connectivity index (χ1v) is 7.37. The van der Waals surface area contributed by atoms with Crippen molar-refractivity contribution in [1.82, 2.24) is 15.1 Å². The summed E-state index contributed by atoms with van der Waals surface area (Å²) < 4.78 is 0. The Morgan fingerprint density at radius 3 is 2.40 bits per heavy atom. The number of carbonyl (C=O) groups excluding carboxylic acids is 1. The van der Waals surface area contributed by atoms with Crippen LogP contribution in [0.25, 0.3) is 0 Å². The van der Waals surface area contributed by atoms with E-state index in [1.165, 1.54) is 0 Å². The average Bonchev–Trinajstić information content (AvgIpc) is 2.38. The Kier molecular flexibility index (Phi) is 6.78. The molecule has 1 aliphatic heterocycles. The van der Waals surface area contributed by atoms with Gasteiger partial charge in [0.1, 0.15) is 6.04 Å². The summed E-state index contributed by atoms with van der Waals surface area (Å²) in [5, 5.41) is 11.7. The number of amides is 2. The van der Waals surface area contributed by atoms with Crippen LogP contribution in [-0.2, 0) is 4.79 Å². The van der Waals surface area contributed by atoms with E-state index in [1.54, 1.807) is 4.90 Å². The number of hydrogen-bond acceptors (Lipinski definition) is 3. The Morgan fingerprint density at radius 1 is 1.35 bits per heavy atom. The lowest BCUT2D eigenvalue weighted by molar-refractivity contribution is -0.139. The number of nitrogens with zero attached hydrogens (tertiary/aromatic N) is 2. The predicted molar refractivity (Wildman–Crippen MR) is 77.7 cm³/mol. The molecule has 1 fully saturated rings. The molecule has 1 rings (SSSR count). The molecule has 116 valence electrons. The van der Waals surface area contributed by atoms with Gasteiger partial charge in [-0.2, -0.15) is 0 Å². The average molecular weight is 285 g/mol. The largest absolute Gasteiger partial charge is 0.480 e. The SMILES string of the molecule is CCC[C@@H](NC(=O)N1CCC(CN(C)C)CC1)C(=O)O. The van der Waals surface area contributed by atoms with Gasteiger partial charge in [0.05, 0.1) is 0 Å². The molecule has 0 unspecified atom stereocenters. The molecule has 0 aromatic heterocycles. The quantitative estimate of drug-likeness (QED) is 0.769. The Balaban J connectivity index is 2.40. The number of carboxylic acid groups (broad SMARTS) is 1. The summed E-state index contributed by atoms with van der Waals surface area (Å²) in [6, 6.07) is -1.01. The summed E-state index contributed by atoms with van der Waals surface area (Å²) in [5.41, 5.74) is 0.